The zero-order valence-corrected chi connectivity index (χ0v) is 13.9. The predicted octanol–water partition coefficient (Wildman–Crippen LogP) is 3.33. The molecular weight excluding hydrogens is 328 g/mol. The maximum absolute atomic E-state index is 12.7. The summed E-state index contributed by atoms with van der Waals surface area (Å²) in [5.41, 5.74) is 1.48. The summed E-state index contributed by atoms with van der Waals surface area (Å²) < 4.78 is 5.16. The highest BCUT2D eigenvalue weighted by Crippen LogP contribution is 2.29. The lowest BCUT2D eigenvalue weighted by Crippen LogP contribution is -2.43. The SMILES string of the molecule is O=C(NN=CC=Cc1ccco1)C(O)(c1ccccc1)c1ccccc1. The number of carbonyl (C=O) groups excluding carboxylic acids is 1. The van der Waals surface area contributed by atoms with Gasteiger partial charge in [0, 0.05) is 6.21 Å². The van der Waals surface area contributed by atoms with E-state index in [4.69, 9.17) is 4.42 Å². The molecule has 130 valence electrons. The number of furan rings is 1. The highest BCUT2D eigenvalue weighted by molar-refractivity contribution is 5.90. The van der Waals surface area contributed by atoms with Crippen LogP contribution in [0.3, 0.4) is 0 Å². The monoisotopic (exact) mass is 346 g/mol. The molecule has 1 heterocycles. The van der Waals surface area contributed by atoms with E-state index in [1.165, 1.54) is 6.21 Å². The molecule has 0 aliphatic heterocycles. The van der Waals surface area contributed by atoms with Crippen molar-refractivity contribution < 1.29 is 14.3 Å². The van der Waals surface area contributed by atoms with Gasteiger partial charge in [-0.3, -0.25) is 4.79 Å². The molecule has 26 heavy (non-hydrogen) atoms. The summed E-state index contributed by atoms with van der Waals surface area (Å²) >= 11 is 0. The van der Waals surface area contributed by atoms with Crippen LogP contribution < -0.4 is 5.43 Å². The van der Waals surface area contributed by atoms with E-state index in [0.717, 1.165) is 0 Å². The third kappa shape index (κ3) is 3.79. The van der Waals surface area contributed by atoms with Crippen LogP contribution in [0.15, 0.2) is 94.7 Å². The summed E-state index contributed by atoms with van der Waals surface area (Å²) in [6.07, 6.45) is 6.31. The smallest absolute Gasteiger partial charge is 0.281 e. The van der Waals surface area contributed by atoms with Gasteiger partial charge in [0.2, 0.25) is 0 Å². The molecule has 1 aromatic heterocycles. The van der Waals surface area contributed by atoms with Crippen molar-refractivity contribution in [2.75, 3.05) is 0 Å². The minimum absolute atomic E-state index is 0.463. The molecule has 2 aromatic carbocycles. The molecule has 0 atom stereocenters. The first-order valence-electron chi connectivity index (χ1n) is 8.08. The third-order valence-electron chi connectivity index (χ3n) is 3.84. The topological polar surface area (TPSA) is 74.8 Å². The Hall–Kier alpha value is -3.44. The number of rotatable bonds is 6. The molecule has 0 aliphatic rings. The second-order valence-electron chi connectivity index (χ2n) is 5.54. The van der Waals surface area contributed by atoms with Crippen LogP contribution in [0.5, 0.6) is 0 Å². The zero-order chi connectivity index (χ0) is 18.2. The van der Waals surface area contributed by atoms with Gasteiger partial charge in [-0.15, -0.1) is 0 Å². The normalized spacial score (nSPS) is 11.9. The van der Waals surface area contributed by atoms with Crippen molar-refractivity contribution in [1.29, 1.82) is 0 Å². The van der Waals surface area contributed by atoms with Crippen LogP contribution >= 0.6 is 0 Å². The number of allylic oxidation sites excluding steroid dienone is 1. The highest BCUT2D eigenvalue weighted by atomic mass is 16.3. The van der Waals surface area contributed by atoms with E-state index in [1.807, 2.05) is 12.1 Å². The number of aliphatic hydroxyl groups is 1. The van der Waals surface area contributed by atoms with Crippen molar-refractivity contribution in [1.82, 2.24) is 5.43 Å². The maximum Gasteiger partial charge on any atom is 0.281 e. The van der Waals surface area contributed by atoms with Crippen LogP contribution in [0.1, 0.15) is 16.9 Å². The molecule has 0 aliphatic carbocycles. The van der Waals surface area contributed by atoms with Crippen molar-refractivity contribution in [2.45, 2.75) is 5.60 Å². The molecule has 0 fully saturated rings. The average Bonchev–Trinajstić information content (AvgIpc) is 3.22. The number of hydrazone groups is 1. The summed E-state index contributed by atoms with van der Waals surface area (Å²) in [4.78, 5) is 12.7. The lowest BCUT2D eigenvalue weighted by molar-refractivity contribution is -0.136. The van der Waals surface area contributed by atoms with Gasteiger partial charge in [-0.25, -0.2) is 5.43 Å². The maximum atomic E-state index is 12.7. The highest BCUT2D eigenvalue weighted by Gasteiger charge is 2.39. The van der Waals surface area contributed by atoms with Gasteiger partial charge in [-0.05, 0) is 35.4 Å². The summed E-state index contributed by atoms with van der Waals surface area (Å²) in [7, 11) is 0. The van der Waals surface area contributed by atoms with Gasteiger partial charge in [0.25, 0.3) is 5.91 Å². The van der Waals surface area contributed by atoms with Gasteiger partial charge < -0.3 is 9.52 Å². The molecular formula is C21H18N2O3. The number of nitrogens with zero attached hydrogens (tertiary/aromatic N) is 1. The fourth-order valence-corrected chi connectivity index (χ4v) is 2.53. The summed E-state index contributed by atoms with van der Waals surface area (Å²) in [6.45, 7) is 0. The van der Waals surface area contributed by atoms with Crippen molar-refractivity contribution in [3.05, 3.63) is 102 Å². The van der Waals surface area contributed by atoms with Crippen LogP contribution in [-0.4, -0.2) is 17.2 Å². The second-order valence-corrected chi connectivity index (χ2v) is 5.54. The van der Waals surface area contributed by atoms with Crippen molar-refractivity contribution in [3.63, 3.8) is 0 Å². The van der Waals surface area contributed by atoms with E-state index in [1.54, 1.807) is 79.1 Å². The second kappa shape index (κ2) is 8.09. The first-order chi connectivity index (χ1) is 12.7. The standard InChI is InChI=1S/C21H18N2O3/c24-20(23-22-15-7-13-19-14-8-16-26-19)21(25,17-9-3-1-4-10-17)18-11-5-2-6-12-18/h1-16,25H,(H,23,24). The third-order valence-corrected chi connectivity index (χ3v) is 3.84. The van der Waals surface area contributed by atoms with E-state index < -0.39 is 11.5 Å². The largest absolute Gasteiger partial charge is 0.465 e. The molecule has 5 nitrogen and oxygen atoms in total. The number of carbonyl (C=O) groups is 1. The molecule has 2 N–H and O–H groups in total. The molecule has 3 aromatic rings. The number of hydrogen-bond donors (Lipinski definition) is 2. The van der Waals surface area contributed by atoms with Crippen LogP contribution in [0.4, 0.5) is 0 Å². The fraction of sp³-hybridized carbons (Fsp3) is 0.0476. The van der Waals surface area contributed by atoms with E-state index in [0.29, 0.717) is 16.9 Å². The average molecular weight is 346 g/mol. The van der Waals surface area contributed by atoms with E-state index >= 15 is 0 Å². The number of amides is 1. The van der Waals surface area contributed by atoms with Gasteiger partial charge in [0.15, 0.2) is 5.60 Å². The first kappa shape index (κ1) is 17.4. The minimum Gasteiger partial charge on any atom is -0.465 e. The van der Waals surface area contributed by atoms with Crippen molar-refractivity contribution in [3.8, 4) is 0 Å². The Bertz CT molecular complexity index is 846. The lowest BCUT2D eigenvalue weighted by atomic mass is 9.85. The van der Waals surface area contributed by atoms with Crippen LogP contribution in [0.25, 0.3) is 6.08 Å². The molecule has 0 saturated heterocycles. The van der Waals surface area contributed by atoms with Crippen LogP contribution in [0.2, 0.25) is 0 Å². The Morgan fingerprint density at radius 1 is 0.962 bits per heavy atom. The Morgan fingerprint density at radius 3 is 2.12 bits per heavy atom. The van der Waals surface area contributed by atoms with E-state index in [2.05, 4.69) is 10.5 Å². The van der Waals surface area contributed by atoms with Crippen molar-refractivity contribution >= 4 is 18.2 Å². The molecule has 1 amide bonds. The molecule has 0 unspecified atom stereocenters. The fourth-order valence-electron chi connectivity index (χ4n) is 2.53. The minimum atomic E-state index is -1.84. The zero-order valence-electron chi connectivity index (χ0n) is 13.9. The Labute approximate surface area is 151 Å². The molecule has 0 radical (unpaired) electrons. The Balaban J connectivity index is 1.80. The lowest BCUT2D eigenvalue weighted by Gasteiger charge is -2.26. The molecule has 0 bridgehead atoms. The number of hydrogen-bond acceptors (Lipinski definition) is 4. The van der Waals surface area contributed by atoms with Gasteiger partial charge in [0.1, 0.15) is 5.76 Å². The quantitative estimate of drug-likeness (QED) is 0.531. The summed E-state index contributed by atoms with van der Waals surface area (Å²) in [6, 6.07) is 21.1. The molecule has 0 saturated carbocycles. The molecule has 5 heteroatoms. The van der Waals surface area contributed by atoms with Gasteiger partial charge >= 0.3 is 0 Å². The summed E-state index contributed by atoms with van der Waals surface area (Å²) in [5, 5.41) is 15.1. The van der Waals surface area contributed by atoms with E-state index in [9.17, 15) is 9.90 Å². The van der Waals surface area contributed by atoms with E-state index in [-0.39, 0.29) is 0 Å². The van der Waals surface area contributed by atoms with Gasteiger partial charge in [-0.1, -0.05) is 60.7 Å². The molecule has 0 spiro atoms. The Kier molecular flexibility index (Phi) is 5.41. The first-order valence-corrected chi connectivity index (χ1v) is 8.08. The predicted molar refractivity (Wildman–Crippen MR) is 100 cm³/mol. The van der Waals surface area contributed by atoms with Crippen LogP contribution in [-0.2, 0) is 10.4 Å². The number of benzene rings is 2. The molecule has 3 rings (SSSR count). The summed E-state index contributed by atoms with van der Waals surface area (Å²) in [5.74, 6) is 0.0328. The van der Waals surface area contributed by atoms with Crippen LogP contribution in [0, 0.1) is 0 Å². The number of nitrogens with one attached hydrogen (secondary N) is 1. The van der Waals surface area contributed by atoms with Crippen molar-refractivity contribution in [2.24, 2.45) is 5.10 Å². The Morgan fingerprint density at radius 2 is 1.58 bits per heavy atom. The van der Waals surface area contributed by atoms with Gasteiger partial charge in [0.05, 0.1) is 6.26 Å². The van der Waals surface area contributed by atoms with Gasteiger partial charge in [-0.2, -0.15) is 5.10 Å².